The molecule has 0 fully saturated rings. The molecule has 0 aliphatic carbocycles. The maximum atomic E-state index is 11.9. The van der Waals surface area contributed by atoms with Crippen molar-refractivity contribution in [2.75, 3.05) is 19.5 Å². The summed E-state index contributed by atoms with van der Waals surface area (Å²) in [7, 11) is 3.12. The molecular weight excluding hydrogens is 246 g/mol. The number of nitrogens with zero attached hydrogens (tertiary/aromatic N) is 2. The summed E-state index contributed by atoms with van der Waals surface area (Å²) < 4.78 is 12.0. The quantitative estimate of drug-likeness (QED) is 0.886. The Labute approximate surface area is 111 Å². The van der Waals surface area contributed by atoms with E-state index in [2.05, 4.69) is 10.3 Å². The van der Waals surface area contributed by atoms with Gasteiger partial charge in [-0.05, 0) is 12.1 Å². The molecule has 100 valence electrons. The molecule has 19 heavy (non-hydrogen) atoms. The van der Waals surface area contributed by atoms with Gasteiger partial charge in [0.1, 0.15) is 18.0 Å². The molecule has 2 aromatic rings. The molecule has 0 saturated heterocycles. The highest BCUT2D eigenvalue weighted by Crippen LogP contribution is 2.28. The third-order valence-corrected chi connectivity index (χ3v) is 2.57. The fourth-order valence-electron chi connectivity index (χ4n) is 1.64. The summed E-state index contributed by atoms with van der Waals surface area (Å²) in [5.74, 6) is 1.07. The Hall–Kier alpha value is -2.50. The van der Waals surface area contributed by atoms with E-state index in [1.54, 1.807) is 55.7 Å². The number of rotatable bonds is 5. The second-order valence-electron chi connectivity index (χ2n) is 3.85. The van der Waals surface area contributed by atoms with E-state index in [9.17, 15) is 4.79 Å². The predicted molar refractivity (Wildman–Crippen MR) is 70.4 cm³/mol. The molecule has 0 spiro atoms. The lowest BCUT2D eigenvalue weighted by Gasteiger charge is -2.11. The molecule has 0 radical (unpaired) electrons. The number of benzene rings is 1. The van der Waals surface area contributed by atoms with E-state index in [1.807, 2.05) is 0 Å². The third kappa shape index (κ3) is 3.25. The van der Waals surface area contributed by atoms with Gasteiger partial charge in [-0.1, -0.05) is 0 Å². The number of methoxy groups -OCH3 is 2. The van der Waals surface area contributed by atoms with E-state index in [0.717, 1.165) is 0 Å². The number of aromatic nitrogens is 2. The lowest BCUT2D eigenvalue weighted by Crippen LogP contribution is -2.18. The highest BCUT2D eigenvalue weighted by Gasteiger charge is 2.09. The van der Waals surface area contributed by atoms with Gasteiger partial charge in [-0.15, -0.1) is 0 Å². The zero-order chi connectivity index (χ0) is 13.7. The van der Waals surface area contributed by atoms with Crippen molar-refractivity contribution in [1.82, 2.24) is 9.55 Å². The first-order valence-corrected chi connectivity index (χ1v) is 5.70. The monoisotopic (exact) mass is 261 g/mol. The fraction of sp³-hybridized carbons (Fsp3) is 0.231. The molecular formula is C13H15N3O3. The molecule has 0 atom stereocenters. The predicted octanol–water partition coefficient (Wildman–Crippen LogP) is 1.54. The Morgan fingerprint density at radius 3 is 2.84 bits per heavy atom. The summed E-state index contributed by atoms with van der Waals surface area (Å²) in [6.45, 7) is 0.204. The van der Waals surface area contributed by atoms with Crippen molar-refractivity contribution in [2.45, 2.75) is 6.54 Å². The average molecular weight is 261 g/mol. The molecule has 6 nitrogen and oxygen atoms in total. The van der Waals surface area contributed by atoms with Gasteiger partial charge in [-0.25, -0.2) is 4.98 Å². The smallest absolute Gasteiger partial charge is 0.244 e. The molecule has 1 N–H and O–H groups in total. The van der Waals surface area contributed by atoms with Gasteiger partial charge >= 0.3 is 0 Å². The summed E-state index contributed by atoms with van der Waals surface area (Å²) in [4.78, 5) is 15.7. The van der Waals surface area contributed by atoms with Crippen LogP contribution in [0.3, 0.4) is 0 Å². The number of imidazole rings is 1. The van der Waals surface area contributed by atoms with Crippen molar-refractivity contribution in [3.05, 3.63) is 36.9 Å². The molecule has 6 heteroatoms. The van der Waals surface area contributed by atoms with Crippen molar-refractivity contribution < 1.29 is 14.3 Å². The van der Waals surface area contributed by atoms with Crippen molar-refractivity contribution in [2.24, 2.45) is 0 Å². The first-order valence-electron chi connectivity index (χ1n) is 5.70. The molecule has 0 aliphatic rings. The summed E-state index contributed by atoms with van der Waals surface area (Å²) in [5, 5.41) is 2.78. The van der Waals surface area contributed by atoms with Crippen LogP contribution in [0, 0.1) is 0 Å². The number of anilines is 1. The molecule has 2 rings (SSSR count). The minimum atomic E-state index is -0.151. The number of ether oxygens (including phenoxy) is 2. The van der Waals surface area contributed by atoms with Crippen LogP contribution in [0.4, 0.5) is 5.69 Å². The Bertz CT molecular complexity index is 552. The molecule has 1 amide bonds. The van der Waals surface area contributed by atoms with Gasteiger partial charge in [0.15, 0.2) is 0 Å². The van der Waals surface area contributed by atoms with Gasteiger partial charge in [-0.3, -0.25) is 4.79 Å². The number of carbonyl (C=O) groups excluding carboxylic acids is 1. The van der Waals surface area contributed by atoms with E-state index in [-0.39, 0.29) is 12.5 Å². The summed E-state index contributed by atoms with van der Waals surface area (Å²) in [5.41, 5.74) is 0.605. The Morgan fingerprint density at radius 2 is 2.21 bits per heavy atom. The van der Waals surface area contributed by atoms with Crippen LogP contribution < -0.4 is 14.8 Å². The molecule has 0 unspecified atom stereocenters. The van der Waals surface area contributed by atoms with Crippen LogP contribution in [-0.2, 0) is 11.3 Å². The lowest BCUT2D eigenvalue weighted by molar-refractivity contribution is -0.116. The molecule has 0 saturated carbocycles. The largest absolute Gasteiger partial charge is 0.497 e. The van der Waals surface area contributed by atoms with Gasteiger partial charge in [0.05, 0.1) is 26.2 Å². The topological polar surface area (TPSA) is 65.4 Å². The molecule has 1 heterocycles. The van der Waals surface area contributed by atoms with Crippen LogP contribution in [0.15, 0.2) is 36.9 Å². The molecule has 0 aliphatic heterocycles. The maximum absolute atomic E-state index is 11.9. The molecule has 1 aromatic carbocycles. The van der Waals surface area contributed by atoms with E-state index >= 15 is 0 Å². The van der Waals surface area contributed by atoms with Crippen LogP contribution in [0.5, 0.6) is 11.5 Å². The van der Waals surface area contributed by atoms with Gasteiger partial charge < -0.3 is 19.4 Å². The minimum Gasteiger partial charge on any atom is -0.497 e. The SMILES string of the molecule is COc1ccc(NC(=O)Cn2ccnc2)c(OC)c1. The minimum absolute atomic E-state index is 0.151. The summed E-state index contributed by atoms with van der Waals surface area (Å²) in [6, 6.07) is 5.21. The van der Waals surface area contributed by atoms with Crippen LogP contribution in [0.2, 0.25) is 0 Å². The van der Waals surface area contributed by atoms with Gasteiger partial charge in [0.2, 0.25) is 5.91 Å². The zero-order valence-corrected chi connectivity index (χ0v) is 10.8. The second-order valence-corrected chi connectivity index (χ2v) is 3.85. The van der Waals surface area contributed by atoms with Crippen molar-refractivity contribution in [3.8, 4) is 11.5 Å². The first-order chi connectivity index (χ1) is 9.22. The van der Waals surface area contributed by atoms with Crippen LogP contribution in [0.1, 0.15) is 0 Å². The van der Waals surface area contributed by atoms with Crippen LogP contribution in [0.25, 0.3) is 0 Å². The third-order valence-electron chi connectivity index (χ3n) is 2.57. The number of hydrogen-bond acceptors (Lipinski definition) is 4. The van der Waals surface area contributed by atoms with E-state index in [0.29, 0.717) is 17.2 Å². The van der Waals surface area contributed by atoms with Crippen molar-refractivity contribution in [1.29, 1.82) is 0 Å². The standard InChI is InChI=1S/C13H15N3O3/c1-18-10-3-4-11(12(7-10)19-2)15-13(17)8-16-6-5-14-9-16/h3-7,9H,8H2,1-2H3,(H,15,17). The van der Waals surface area contributed by atoms with E-state index in [4.69, 9.17) is 9.47 Å². The second kappa shape index (κ2) is 5.90. The van der Waals surface area contributed by atoms with Gasteiger partial charge in [0.25, 0.3) is 0 Å². The van der Waals surface area contributed by atoms with Crippen molar-refractivity contribution in [3.63, 3.8) is 0 Å². The molecule has 0 bridgehead atoms. The van der Waals surface area contributed by atoms with Crippen LogP contribution >= 0.6 is 0 Å². The average Bonchev–Trinajstić information content (AvgIpc) is 2.91. The highest BCUT2D eigenvalue weighted by atomic mass is 16.5. The number of hydrogen-bond donors (Lipinski definition) is 1. The van der Waals surface area contributed by atoms with E-state index in [1.165, 1.54) is 0 Å². The molecule has 1 aromatic heterocycles. The Morgan fingerprint density at radius 1 is 1.37 bits per heavy atom. The maximum Gasteiger partial charge on any atom is 0.244 e. The normalized spacial score (nSPS) is 10.0. The summed E-state index contributed by atoms with van der Waals surface area (Å²) >= 11 is 0. The van der Waals surface area contributed by atoms with E-state index < -0.39 is 0 Å². The number of nitrogens with one attached hydrogen (secondary N) is 1. The number of carbonyl (C=O) groups is 1. The van der Waals surface area contributed by atoms with Crippen LogP contribution in [-0.4, -0.2) is 29.7 Å². The highest BCUT2D eigenvalue weighted by molar-refractivity contribution is 5.92. The Kier molecular flexibility index (Phi) is 4.02. The van der Waals surface area contributed by atoms with Gasteiger partial charge in [-0.2, -0.15) is 0 Å². The first kappa shape index (κ1) is 12.9. The van der Waals surface area contributed by atoms with Crippen molar-refractivity contribution >= 4 is 11.6 Å². The zero-order valence-electron chi connectivity index (χ0n) is 10.8. The fourth-order valence-corrected chi connectivity index (χ4v) is 1.64. The number of amides is 1. The van der Waals surface area contributed by atoms with Gasteiger partial charge in [0, 0.05) is 18.5 Å². The Balaban J connectivity index is 2.07. The lowest BCUT2D eigenvalue weighted by atomic mass is 10.2. The summed E-state index contributed by atoms with van der Waals surface area (Å²) in [6.07, 6.45) is 4.94.